The van der Waals surface area contributed by atoms with E-state index in [2.05, 4.69) is 57.7 Å². The second kappa shape index (κ2) is 7.28. The molecule has 4 rings (SSSR count). The second-order valence-electron chi connectivity index (χ2n) is 7.13. The molecule has 26 heavy (non-hydrogen) atoms. The maximum Gasteiger partial charge on any atom is 0.113 e. The summed E-state index contributed by atoms with van der Waals surface area (Å²) < 4.78 is 2.25. The third-order valence-electron chi connectivity index (χ3n) is 5.02. The molecular weight excluding hydrogens is 322 g/mol. The summed E-state index contributed by atoms with van der Waals surface area (Å²) in [6.07, 6.45) is 8.20. The molecule has 134 valence electrons. The first-order chi connectivity index (χ1) is 12.7. The van der Waals surface area contributed by atoms with E-state index in [1.807, 2.05) is 24.5 Å². The standard InChI is InChI=1S/C21H25N5/c1-16-12-20(13-17(2)24-16)25-10-5-6-18(14-25)21-23-9-11-26(21)15-19-7-3-4-8-22-19/h3-4,7-9,11-13,18H,5-6,10,14-15H2,1-2H3/t18-/m0/s1. The number of aromatic nitrogens is 4. The average molecular weight is 347 g/mol. The number of nitrogens with zero attached hydrogens (tertiary/aromatic N) is 5. The summed E-state index contributed by atoms with van der Waals surface area (Å²) >= 11 is 0. The van der Waals surface area contributed by atoms with E-state index >= 15 is 0 Å². The lowest BCUT2D eigenvalue weighted by atomic mass is 9.96. The van der Waals surface area contributed by atoms with Crippen molar-refractivity contribution in [3.63, 3.8) is 0 Å². The summed E-state index contributed by atoms with van der Waals surface area (Å²) in [4.78, 5) is 16.1. The van der Waals surface area contributed by atoms with E-state index in [1.165, 1.54) is 24.4 Å². The molecule has 1 saturated heterocycles. The molecule has 1 aliphatic rings. The zero-order valence-corrected chi connectivity index (χ0v) is 15.5. The first-order valence-electron chi connectivity index (χ1n) is 9.30. The number of aryl methyl sites for hydroxylation is 2. The minimum Gasteiger partial charge on any atom is -0.371 e. The van der Waals surface area contributed by atoms with Crippen molar-refractivity contribution < 1.29 is 0 Å². The van der Waals surface area contributed by atoms with E-state index in [9.17, 15) is 0 Å². The van der Waals surface area contributed by atoms with Gasteiger partial charge in [-0.05, 0) is 51.0 Å². The molecule has 5 nitrogen and oxygen atoms in total. The zero-order valence-electron chi connectivity index (χ0n) is 15.5. The summed E-state index contributed by atoms with van der Waals surface area (Å²) in [5, 5.41) is 0. The van der Waals surface area contributed by atoms with E-state index < -0.39 is 0 Å². The fourth-order valence-electron chi connectivity index (χ4n) is 3.90. The predicted octanol–water partition coefficient (Wildman–Crippen LogP) is 3.72. The van der Waals surface area contributed by atoms with Crippen LogP contribution in [-0.4, -0.2) is 32.6 Å². The van der Waals surface area contributed by atoms with Crippen molar-refractivity contribution in [2.24, 2.45) is 0 Å². The van der Waals surface area contributed by atoms with Crippen LogP contribution in [-0.2, 0) is 6.54 Å². The van der Waals surface area contributed by atoms with Crippen LogP contribution >= 0.6 is 0 Å². The van der Waals surface area contributed by atoms with E-state index in [1.54, 1.807) is 0 Å². The maximum absolute atomic E-state index is 4.70. The fraction of sp³-hybridized carbons (Fsp3) is 0.381. The minimum absolute atomic E-state index is 0.441. The summed E-state index contributed by atoms with van der Waals surface area (Å²) in [6, 6.07) is 10.4. The van der Waals surface area contributed by atoms with Crippen molar-refractivity contribution in [3.05, 3.63) is 71.8 Å². The minimum atomic E-state index is 0.441. The first kappa shape index (κ1) is 16.8. The topological polar surface area (TPSA) is 46.8 Å². The number of hydrogen-bond acceptors (Lipinski definition) is 4. The van der Waals surface area contributed by atoms with Crippen LogP contribution in [0.5, 0.6) is 0 Å². The number of hydrogen-bond donors (Lipinski definition) is 0. The molecular formula is C21H25N5. The van der Waals surface area contributed by atoms with Gasteiger partial charge in [-0.1, -0.05) is 6.07 Å². The van der Waals surface area contributed by atoms with Gasteiger partial charge in [-0.3, -0.25) is 9.97 Å². The molecule has 1 aliphatic heterocycles. The molecule has 0 saturated carbocycles. The number of pyridine rings is 2. The van der Waals surface area contributed by atoms with Gasteiger partial charge in [0.2, 0.25) is 0 Å². The molecule has 0 amide bonds. The smallest absolute Gasteiger partial charge is 0.113 e. The Kier molecular flexibility index (Phi) is 4.69. The lowest BCUT2D eigenvalue weighted by Gasteiger charge is -2.34. The SMILES string of the molecule is Cc1cc(N2CCC[C@H](c3nccn3Cc3ccccn3)C2)cc(C)n1. The van der Waals surface area contributed by atoms with E-state index in [4.69, 9.17) is 4.98 Å². The molecule has 3 aromatic rings. The van der Waals surface area contributed by atoms with Crippen molar-refractivity contribution in [3.8, 4) is 0 Å². The first-order valence-corrected chi connectivity index (χ1v) is 9.30. The highest BCUT2D eigenvalue weighted by Gasteiger charge is 2.25. The predicted molar refractivity (Wildman–Crippen MR) is 103 cm³/mol. The Morgan fingerprint density at radius 1 is 1.08 bits per heavy atom. The third-order valence-corrected chi connectivity index (χ3v) is 5.02. The van der Waals surface area contributed by atoms with Crippen molar-refractivity contribution in [2.45, 2.75) is 39.2 Å². The Hall–Kier alpha value is -2.69. The van der Waals surface area contributed by atoms with Crippen LogP contribution in [0.25, 0.3) is 0 Å². The van der Waals surface area contributed by atoms with Gasteiger partial charge in [0.25, 0.3) is 0 Å². The summed E-state index contributed by atoms with van der Waals surface area (Å²) in [7, 11) is 0. The number of rotatable bonds is 4. The van der Waals surface area contributed by atoms with Crippen LogP contribution in [0.3, 0.4) is 0 Å². The van der Waals surface area contributed by atoms with Crippen LogP contribution in [0.15, 0.2) is 48.9 Å². The molecule has 0 N–H and O–H groups in total. The monoisotopic (exact) mass is 347 g/mol. The van der Waals surface area contributed by atoms with E-state index in [0.717, 1.165) is 36.7 Å². The highest BCUT2D eigenvalue weighted by atomic mass is 15.2. The van der Waals surface area contributed by atoms with Crippen molar-refractivity contribution in [1.82, 2.24) is 19.5 Å². The molecule has 0 unspecified atom stereocenters. The van der Waals surface area contributed by atoms with Gasteiger partial charge in [0, 0.05) is 54.7 Å². The fourth-order valence-corrected chi connectivity index (χ4v) is 3.90. The van der Waals surface area contributed by atoms with Crippen LogP contribution in [0.2, 0.25) is 0 Å². The lowest BCUT2D eigenvalue weighted by Crippen LogP contribution is -2.35. The van der Waals surface area contributed by atoms with Crippen LogP contribution in [0, 0.1) is 13.8 Å². The van der Waals surface area contributed by atoms with E-state index in [-0.39, 0.29) is 0 Å². The molecule has 0 bridgehead atoms. The molecule has 0 spiro atoms. The Balaban J connectivity index is 1.54. The van der Waals surface area contributed by atoms with Crippen molar-refractivity contribution in [1.29, 1.82) is 0 Å². The maximum atomic E-state index is 4.70. The van der Waals surface area contributed by atoms with Gasteiger partial charge in [-0.25, -0.2) is 4.98 Å². The Bertz CT molecular complexity index is 851. The molecule has 4 heterocycles. The zero-order chi connectivity index (χ0) is 17.9. The summed E-state index contributed by atoms with van der Waals surface area (Å²) in [5.74, 6) is 1.61. The largest absolute Gasteiger partial charge is 0.371 e. The van der Waals surface area contributed by atoms with Crippen molar-refractivity contribution in [2.75, 3.05) is 18.0 Å². The number of imidazole rings is 1. The van der Waals surface area contributed by atoms with Gasteiger partial charge in [0.15, 0.2) is 0 Å². The average Bonchev–Trinajstić information content (AvgIpc) is 3.10. The van der Waals surface area contributed by atoms with Gasteiger partial charge >= 0.3 is 0 Å². The Morgan fingerprint density at radius 3 is 2.69 bits per heavy atom. The Labute approximate surface area is 154 Å². The van der Waals surface area contributed by atoms with Gasteiger partial charge < -0.3 is 9.47 Å². The van der Waals surface area contributed by atoms with Crippen molar-refractivity contribution >= 4 is 5.69 Å². The molecule has 0 aliphatic carbocycles. The highest BCUT2D eigenvalue weighted by Crippen LogP contribution is 2.30. The normalized spacial score (nSPS) is 17.5. The van der Waals surface area contributed by atoms with Crippen LogP contribution in [0.1, 0.15) is 41.7 Å². The van der Waals surface area contributed by atoms with Gasteiger partial charge in [-0.2, -0.15) is 0 Å². The molecule has 0 aromatic carbocycles. The quantitative estimate of drug-likeness (QED) is 0.722. The summed E-state index contributed by atoms with van der Waals surface area (Å²) in [5.41, 5.74) is 4.51. The molecule has 0 radical (unpaired) electrons. The number of anilines is 1. The molecule has 1 atom stereocenters. The highest BCUT2D eigenvalue weighted by molar-refractivity contribution is 5.49. The van der Waals surface area contributed by atoms with Gasteiger partial charge in [0.1, 0.15) is 5.82 Å². The second-order valence-corrected chi connectivity index (χ2v) is 7.13. The number of piperidine rings is 1. The molecule has 1 fully saturated rings. The third kappa shape index (κ3) is 3.62. The van der Waals surface area contributed by atoms with Gasteiger partial charge in [-0.15, -0.1) is 0 Å². The summed E-state index contributed by atoms with van der Waals surface area (Å²) in [6.45, 7) is 7.01. The van der Waals surface area contributed by atoms with E-state index in [0.29, 0.717) is 5.92 Å². The van der Waals surface area contributed by atoms with Gasteiger partial charge in [0.05, 0.1) is 12.2 Å². The van der Waals surface area contributed by atoms with Crippen LogP contribution < -0.4 is 4.90 Å². The molecule has 5 heteroatoms. The Morgan fingerprint density at radius 2 is 1.92 bits per heavy atom. The lowest BCUT2D eigenvalue weighted by molar-refractivity contribution is 0.475. The van der Waals surface area contributed by atoms with Crippen LogP contribution in [0.4, 0.5) is 5.69 Å². The molecule has 3 aromatic heterocycles.